The second kappa shape index (κ2) is 8.58. The maximum absolute atomic E-state index is 13.6. The number of hydrogen-bond acceptors (Lipinski definition) is 9. The van der Waals surface area contributed by atoms with Gasteiger partial charge < -0.3 is 9.42 Å². The van der Waals surface area contributed by atoms with Crippen LogP contribution in [-0.2, 0) is 6.18 Å². The predicted molar refractivity (Wildman–Crippen MR) is 119 cm³/mol. The van der Waals surface area contributed by atoms with Crippen LogP contribution in [0.15, 0.2) is 54.0 Å². The number of fused-ring (bicyclic) bond motifs is 1. The Morgan fingerprint density at radius 3 is 2.57 bits per heavy atom. The number of benzene rings is 1. The zero-order valence-corrected chi connectivity index (χ0v) is 18.9. The normalized spacial score (nSPS) is 12.7. The molecule has 0 radical (unpaired) electrons. The van der Waals surface area contributed by atoms with Crippen LogP contribution >= 0.6 is 11.6 Å². The Hall–Kier alpha value is -4.13. The number of anilines is 1. The Morgan fingerprint density at radius 1 is 1.06 bits per heavy atom. The highest BCUT2D eigenvalue weighted by molar-refractivity contribution is 6.31. The van der Waals surface area contributed by atoms with Crippen LogP contribution in [0.5, 0.6) is 0 Å². The lowest BCUT2D eigenvalue weighted by molar-refractivity contribution is -0.136. The molecule has 4 aromatic heterocycles. The first-order valence-electron chi connectivity index (χ1n) is 10.1. The van der Waals surface area contributed by atoms with Crippen molar-refractivity contribution in [3.8, 4) is 17.2 Å². The number of alkyl halides is 3. The van der Waals surface area contributed by atoms with Gasteiger partial charge in [-0.2, -0.15) is 27.9 Å². The Kier molecular flexibility index (Phi) is 5.55. The quantitative estimate of drug-likeness (QED) is 0.343. The van der Waals surface area contributed by atoms with E-state index in [1.165, 1.54) is 23.5 Å². The minimum Gasteiger partial charge on any atom is -0.349 e. The van der Waals surface area contributed by atoms with Gasteiger partial charge in [-0.05, 0) is 31.2 Å². The third-order valence-electron chi connectivity index (χ3n) is 5.44. The summed E-state index contributed by atoms with van der Waals surface area (Å²) in [6.45, 7) is 1.82. The van der Waals surface area contributed by atoms with Crippen LogP contribution in [0, 0.1) is 0 Å². The van der Waals surface area contributed by atoms with Crippen LogP contribution in [0.3, 0.4) is 0 Å². The summed E-state index contributed by atoms with van der Waals surface area (Å²) >= 11 is 6.02. The third-order valence-corrected chi connectivity index (χ3v) is 5.65. The van der Waals surface area contributed by atoms with Gasteiger partial charge in [0.25, 0.3) is 0 Å². The molecule has 1 aromatic carbocycles. The highest BCUT2D eigenvalue weighted by Gasteiger charge is 2.35. The highest BCUT2D eigenvalue weighted by Crippen LogP contribution is 2.39. The summed E-state index contributed by atoms with van der Waals surface area (Å²) in [6.07, 6.45) is 0.618. The van der Waals surface area contributed by atoms with Crippen molar-refractivity contribution in [1.29, 1.82) is 0 Å². The van der Waals surface area contributed by atoms with Crippen molar-refractivity contribution in [3.05, 3.63) is 65.9 Å². The third kappa shape index (κ3) is 4.14. The van der Waals surface area contributed by atoms with Gasteiger partial charge in [0.1, 0.15) is 18.5 Å². The molecule has 0 saturated heterocycles. The number of pyridine rings is 1. The van der Waals surface area contributed by atoms with Crippen LogP contribution in [0.1, 0.15) is 24.4 Å². The van der Waals surface area contributed by atoms with Gasteiger partial charge in [0.2, 0.25) is 12.2 Å². The largest absolute Gasteiger partial charge is 0.418 e. The SMILES string of the molecule is C[C@@H](c1ncnn1-c1ccc(-c2ncon2)cn1)N(C)c1ncnc2c(C(F)(F)F)cc(Cl)cc12. The maximum Gasteiger partial charge on any atom is 0.418 e. The lowest BCUT2D eigenvalue weighted by atomic mass is 10.1. The summed E-state index contributed by atoms with van der Waals surface area (Å²) in [5.41, 5.74) is -0.524. The first-order chi connectivity index (χ1) is 16.7. The fourth-order valence-electron chi connectivity index (χ4n) is 3.63. The molecule has 178 valence electrons. The lowest BCUT2D eigenvalue weighted by Gasteiger charge is -2.26. The highest BCUT2D eigenvalue weighted by atomic mass is 35.5. The monoisotopic (exact) mass is 501 g/mol. The number of rotatable bonds is 5. The van der Waals surface area contributed by atoms with Crippen LogP contribution in [0.2, 0.25) is 5.02 Å². The van der Waals surface area contributed by atoms with Gasteiger partial charge in [-0.15, -0.1) is 0 Å². The van der Waals surface area contributed by atoms with Crippen LogP contribution in [0.4, 0.5) is 19.0 Å². The van der Waals surface area contributed by atoms with Gasteiger partial charge in [0.15, 0.2) is 11.6 Å². The molecule has 5 rings (SSSR count). The van der Waals surface area contributed by atoms with E-state index < -0.39 is 17.8 Å². The minimum absolute atomic E-state index is 0.0732. The topological polar surface area (TPSA) is 112 Å². The van der Waals surface area contributed by atoms with E-state index in [1.807, 2.05) is 6.92 Å². The molecule has 0 aliphatic heterocycles. The van der Waals surface area contributed by atoms with Crippen LogP contribution in [-0.4, -0.2) is 46.9 Å². The summed E-state index contributed by atoms with van der Waals surface area (Å²) < 4.78 is 47.1. The second-order valence-corrected chi connectivity index (χ2v) is 7.96. The molecule has 5 aromatic rings. The van der Waals surface area contributed by atoms with Gasteiger partial charge in [0, 0.05) is 29.2 Å². The standard InChI is InChI=1S/C21H15ClF3N9O/c1-11(19-29-9-31-34(19)16-4-3-12(7-26-16)18-30-10-35-32-18)33(2)20-14-5-13(22)6-15(21(23,24)25)17(14)27-8-28-20/h3-11H,1-2H3/t11-/m0/s1. The van der Waals surface area contributed by atoms with Crippen molar-refractivity contribution in [2.24, 2.45) is 0 Å². The van der Waals surface area contributed by atoms with Crippen molar-refractivity contribution < 1.29 is 17.7 Å². The van der Waals surface area contributed by atoms with E-state index in [4.69, 9.17) is 16.1 Å². The molecule has 0 aliphatic rings. The number of nitrogens with zero attached hydrogens (tertiary/aromatic N) is 9. The van der Waals surface area contributed by atoms with E-state index in [0.29, 0.717) is 23.0 Å². The van der Waals surface area contributed by atoms with E-state index in [0.717, 1.165) is 12.4 Å². The average Bonchev–Trinajstić information content (AvgIpc) is 3.54. The fraction of sp³-hybridized carbons (Fsp3) is 0.190. The molecule has 0 N–H and O–H groups in total. The molecule has 0 unspecified atom stereocenters. The molecule has 35 heavy (non-hydrogen) atoms. The average molecular weight is 502 g/mol. The maximum atomic E-state index is 13.6. The lowest BCUT2D eigenvalue weighted by Crippen LogP contribution is -2.26. The molecule has 0 bridgehead atoms. The van der Waals surface area contributed by atoms with E-state index >= 15 is 0 Å². The molecule has 14 heteroatoms. The van der Waals surface area contributed by atoms with Crippen molar-refractivity contribution >= 4 is 28.3 Å². The molecular weight excluding hydrogens is 487 g/mol. The van der Waals surface area contributed by atoms with Gasteiger partial charge in [-0.1, -0.05) is 16.8 Å². The summed E-state index contributed by atoms with van der Waals surface area (Å²) in [6, 6.07) is 5.26. The van der Waals surface area contributed by atoms with Gasteiger partial charge in [-0.25, -0.2) is 19.9 Å². The molecule has 1 atom stereocenters. The zero-order chi connectivity index (χ0) is 24.7. The van der Waals surface area contributed by atoms with Crippen molar-refractivity contribution in [3.63, 3.8) is 0 Å². The Bertz CT molecular complexity index is 1490. The second-order valence-electron chi connectivity index (χ2n) is 7.52. The summed E-state index contributed by atoms with van der Waals surface area (Å²) in [4.78, 5) is 22.5. The molecule has 0 amide bonds. The smallest absolute Gasteiger partial charge is 0.349 e. The predicted octanol–water partition coefficient (Wildman–Crippen LogP) is 4.53. The minimum atomic E-state index is -4.63. The Morgan fingerprint density at radius 2 is 1.89 bits per heavy atom. The molecule has 0 fully saturated rings. The first kappa shape index (κ1) is 22.7. The molecule has 0 aliphatic carbocycles. The Labute approximate surface area is 200 Å². The molecule has 0 saturated carbocycles. The fourth-order valence-corrected chi connectivity index (χ4v) is 3.84. The van der Waals surface area contributed by atoms with Crippen molar-refractivity contribution in [2.75, 3.05) is 11.9 Å². The van der Waals surface area contributed by atoms with E-state index in [2.05, 4.69) is 35.2 Å². The molecule has 0 spiro atoms. The zero-order valence-electron chi connectivity index (χ0n) is 18.1. The number of hydrogen-bond donors (Lipinski definition) is 0. The summed E-state index contributed by atoms with van der Waals surface area (Å²) in [5.74, 6) is 1.60. The Balaban J connectivity index is 1.52. The molecular formula is C21H15ClF3N9O. The van der Waals surface area contributed by atoms with Gasteiger partial charge >= 0.3 is 6.18 Å². The van der Waals surface area contributed by atoms with E-state index in [-0.39, 0.29) is 21.7 Å². The van der Waals surface area contributed by atoms with Gasteiger partial charge in [-0.3, -0.25) is 0 Å². The first-order valence-corrected chi connectivity index (χ1v) is 10.5. The van der Waals surface area contributed by atoms with Crippen LogP contribution < -0.4 is 4.90 Å². The van der Waals surface area contributed by atoms with Crippen molar-refractivity contribution in [2.45, 2.75) is 19.1 Å². The van der Waals surface area contributed by atoms with Crippen molar-refractivity contribution in [1.82, 2.24) is 39.9 Å². The number of halogens is 4. The van der Waals surface area contributed by atoms with E-state index in [9.17, 15) is 13.2 Å². The summed E-state index contributed by atoms with van der Waals surface area (Å²) in [7, 11) is 1.69. The molecule has 4 heterocycles. The van der Waals surface area contributed by atoms with Crippen LogP contribution in [0.25, 0.3) is 28.1 Å². The number of aromatic nitrogens is 8. The van der Waals surface area contributed by atoms with Gasteiger partial charge in [0.05, 0.1) is 17.1 Å². The summed E-state index contributed by atoms with van der Waals surface area (Å²) in [5, 5.41) is 8.13. The van der Waals surface area contributed by atoms with E-state index in [1.54, 1.807) is 30.3 Å². The molecule has 10 nitrogen and oxygen atoms in total.